The van der Waals surface area contributed by atoms with E-state index in [0.717, 1.165) is 10.6 Å². The van der Waals surface area contributed by atoms with Gasteiger partial charge in [-0.1, -0.05) is 12.1 Å². The lowest BCUT2D eigenvalue weighted by Gasteiger charge is -2.32. The van der Waals surface area contributed by atoms with Gasteiger partial charge in [0.2, 0.25) is 0 Å². The Labute approximate surface area is 158 Å². The predicted molar refractivity (Wildman–Crippen MR) is 100 cm³/mol. The van der Waals surface area contributed by atoms with Gasteiger partial charge in [0.15, 0.2) is 0 Å². The van der Waals surface area contributed by atoms with Crippen molar-refractivity contribution >= 4 is 23.2 Å². The van der Waals surface area contributed by atoms with E-state index in [1.807, 2.05) is 0 Å². The molecular formula is C18H18N4O6. The molecule has 2 atom stereocenters. The second kappa shape index (κ2) is 7.22. The van der Waals surface area contributed by atoms with Crippen molar-refractivity contribution in [1.82, 2.24) is 9.55 Å². The molecule has 0 bridgehead atoms. The maximum atomic E-state index is 12.8. The predicted octanol–water partition coefficient (Wildman–Crippen LogP) is 1.71. The second-order valence-corrected chi connectivity index (χ2v) is 6.68. The Morgan fingerprint density at radius 1 is 1.32 bits per heavy atom. The van der Waals surface area contributed by atoms with Crippen LogP contribution in [0.4, 0.5) is 11.5 Å². The number of aliphatic imine (C=N–C) groups is 1. The van der Waals surface area contributed by atoms with Gasteiger partial charge in [-0.15, -0.1) is 0 Å². The summed E-state index contributed by atoms with van der Waals surface area (Å²) in [7, 11) is 0. The van der Waals surface area contributed by atoms with E-state index in [-0.39, 0.29) is 11.5 Å². The molecule has 2 unspecified atom stereocenters. The van der Waals surface area contributed by atoms with Crippen LogP contribution >= 0.6 is 0 Å². The molecule has 1 aliphatic rings. The first-order chi connectivity index (χ1) is 13.2. The standard InChI is InChI=1S/C18H18N4O6/c1-9(2)28-17(24)15-10(3)19-13-8-14(23)20-18(25)21(13)16(15)11-5-4-6-12(7-11)22(26)27/h4-9,15-16H,1-3H3,(H,20,23,25). The minimum atomic E-state index is -0.986. The van der Waals surface area contributed by atoms with E-state index in [1.54, 1.807) is 26.8 Å². The van der Waals surface area contributed by atoms with Gasteiger partial charge in [0.25, 0.3) is 11.2 Å². The molecule has 3 rings (SSSR count). The van der Waals surface area contributed by atoms with E-state index in [0.29, 0.717) is 11.3 Å². The molecule has 1 aliphatic heterocycles. The zero-order valence-electron chi connectivity index (χ0n) is 15.4. The van der Waals surface area contributed by atoms with E-state index in [4.69, 9.17) is 4.74 Å². The third-order valence-corrected chi connectivity index (χ3v) is 4.32. The number of ether oxygens (including phenoxy) is 1. The molecule has 10 heteroatoms. The molecule has 2 heterocycles. The summed E-state index contributed by atoms with van der Waals surface area (Å²) in [5.41, 5.74) is -0.893. The number of benzene rings is 1. The van der Waals surface area contributed by atoms with Gasteiger partial charge in [-0.2, -0.15) is 0 Å². The summed E-state index contributed by atoms with van der Waals surface area (Å²) in [5.74, 6) is -1.53. The van der Waals surface area contributed by atoms with Crippen molar-refractivity contribution in [3.05, 3.63) is 66.8 Å². The maximum absolute atomic E-state index is 12.8. The lowest BCUT2D eigenvalue weighted by molar-refractivity contribution is -0.384. The molecule has 146 valence electrons. The van der Waals surface area contributed by atoms with Crippen LogP contribution in [0.2, 0.25) is 0 Å². The van der Waals surface area contributed by atoms with Gasteiger partial charge in [0.1, 0.15) is 11.7 Å². The highest BCUT2D eigenvalue weighted by atomic mass is 16.6. The number of esters is 1. The SMILES string of the molecule is CC1=Nc2cc(=O)[nH]c(=O)n2C(c2cccc([N+](=O)[O-])c2)C1C(=O)OC(C)C. The van der Waals surface area contributed by atoms with Gasteiger partial charge < -0.3 is 4.74 Å². The Balaban J connectivity index is 2.27. The molecule has 0 saturated carbocycles. The third kappa shape index (κ3) is 3.48. The highest BCUT2D eigenvalue weighted by Gasteiger charge is 2.40. The quantitative estimate of drug-likeness (QED) is 0.482. The number of fused-ring (bicyclic) bond motifs is 1. The van der Waals surface area contributed by atoms with Crippen molar-refractivity contribution in [1.29, 1.82) is 0 Å². The van der Waals surface area contributed by atoms with Crippen LogP contribution in [-0.4, -0.2) is 32.3 Å². The van der Waals surface area contributed by atoms with E-state index in [1.165, 1.54) is 18.2 Å². The molecule has 10 nitrogen and oxygen atoms in total. The molecule has 1 N–H and O–H groups in total. The van der Waals surface area contributed by atoms with Crippen LogP contribution in [0.25, 0.3) is 0 Å². The Kier molecular flexibility index (Phi) is 4.95. The number of carbonyl (C=O) groups is 1. The highest BCUT2D eigenvalue weighted by Crippen LogP contribution is 2.36. The maximum Gasteiger partial charge on any atom is 0.330 e. The van der Waals surface area contributed by atoms with Gasteiger partial charge in [-0.3, -0.25) is 29.3 Å². The van der Waals surface area contributed by atoms with Crippen molar-refractivity contribution in [2.24, 2.45) is 10.9 Å². The zero-order chi connectivity index (χ0) is 20.6. The largest absolute Gasteiger partial charge is 0.462 e. The van der Waals surface area contributed by atoms with Gasteiger partial charge >= 0.3 is 11.7 Å². The number of hydrogen-bond donors (Lipinski definition) is 1. The molecule has 1 aromatic heterocycles. The average Bonchev–Trinajstić information content (AvgIpc) is 2.59. The number of nitrogens with one attached hydrogen (secondary N) is 1. The molecule has 2 aromatic rings. The second-order valence-electron chi connectivity index (χ2n) is 6.68. The van der Waals surface area contributed by atoms with E-state index >= 15 is 0 Å². The van der Waals surface area contributed by atoms with Crippen LogP contribution in [0, 0.1) is 16.0 Å². The summed E-state index contributed by atoms with van der Waals surface area (Å²) in [5, 5.41) is 11.2. The number of aromatic nitrogens is 2. The lowest BCUT2D eigenvalue weighted by Crippen LogP contribution is -2.43. The number of hydrogen-bond acceptors (Lipinski definition) is 7. The van der Waals surface area contributed by atoms with Crippen LogP contribution in [0.5, 0.6) is 0 Å². The highest BCUT2D eigenvalue weighted by molar-refractivity contribution is 6.03. The molecule has 0 radical (unpaired) electrons. The number of H-pyrrole nitrogens is 1. The fraction of sp³-hybridized carbons (Fsp3) is 0.333. The molecule has 0 aliphatic carbocycles. The van der Waals surface area contributed by atoms with Crippen molar-refractivity contribution in [3.63, 3.8) is 0 Å². The molecule has 0 amide bonds. The number of carbonyl (C=O) groups excluding carboxylic acids is 1. The Morgan fingerprint density at radius 3 is 2.68 bits per heavy atom. The van der Waals surface area contributed by atoms with E-state index in [9.17, 15) is 24.5 Å². The van der Waals surface area contributed by atoms with E-state index in [2.05, 4.69) is 9.98 Å². The number of nitrogens with zero attached hydrogens (tertiary/aromatic N) is 3. The molecule has 0 saturated heterocycles. The molecule has 1 aromatic carbocycles. The molecule has 0 fully saturated rings. The summed E-state index contributed by atoms with van der Waals surface area (Å²) in [4.78, 5) is 54.0. The van der Waals surface area contributed by atoms with Gasteiger partial charge in [0.05, 0.1) is 17.1 Å². The number of rotatable bonds is 4. The first-order valence-corrected chi connectivity index (χ1v) is 8.55. The van der Waals surface area contributed by atoms with E-state index < -0.39 is 40.2 Å². The fourth-order valence-corrected chi connectivity index (χ4v) is 3.24. The monoisotopic (exact) mass is 386 g/mol. The normalized spacial score (nSPS) is 18.4. The van der Waals surface area contributed by atoms with Crippen LogP contribution in [0.15, 0.2) is 44.9 Å². The first-order valence-electron chi connectivity index (χ1n) is 8.55. The number of nitro groups is 1. The Hall–Kier alpha value is -3.56. The Bertz CT molecular complexity index is 1100. The average molecular weight is 386 g/mol. The summed E-state index contributed by atoms with van der Waals surface area (Å²) < 4.78 is 6.48. The summed E-state index contributed by atoms with van der Waals surface area (Å²) in [6.07, 6.45) is -0.403. The van der Waals surface area contributed by atoms with Gasteiger partial charge in [0, 0.05) is 23.9 Å². The smallest absolute Gasteiger partial charge is 0.330 e. The fourth-order valence-electron chi connectivity index (χ4n) is 3.24. The zero-order valence-corrected chi connectivity index (χ0v) is 15.4. The van der Waals surface area contributed by atoms with Gasteiger partial charge in [-0.05, 0) is 26.3 Å². The lowest BCUT2D eigenvalue weighted by atomic mass is 9.87. The molecule has 0 spiro atoms. The minimum Gasteiger partial charge on any atom is -0.462 e. The summed E-state index contributed by atoms with van der Waals surface area (Å²) >= 11 is 0. The van der Waals surface area contributed by atoms with Crippen molar-refractivity contribution < 1.29 is 14.5 Å². The van der Waals surface area contributed by atoms with Crippen LogP contribution in [0.3, 0.4) is 0 Å². The molecule has 28 heavy (non-hydrogen) atoms. The summed E-state index contributed by atoms with van der Waals surface area (Å²) in [6, 6.07) is 5.83. The first kappa shape index (κ1) is 19.2. The van der Waals surface area contributed by atoms with Crippen molar-refractivity contribution in [2.75, 3.05) is 0 Å². The van der Waals surface area contributed by atoms with Crippen LogP contribution in [0.1, 0.15) is 32.4 Å². The minimum absolute atomic E-state index is 0.0661. The van der Waals surface area contributed by atoms with Crippen molar-refractivity contribution in [2.45, 2.75) is 32.9 Å². The number of aromatic amines is 1. The topological polar surface area (TPSA) is 137 Å². The van der Waals surface area contributed by atoms with Crippen molar-refractivity contribution in [3.8, 4) is 0 Å². The third-order valence-electron chi connectivity index (χ3n) is 4.32. The van der Waals surface area contributed by atoms with Gasteiger partial charge in [-0.25, -0.2) is 9.79 Å². The number of non-ortho nitro benzene ring substituents is 1. The number of nitro benzene ring substituents is 1. The summed E-state index contributed by atoms with van der Waals surface area (Å²) in [6.45, 7) is 4.96. The Morgan fingerprint density at radius 2 is 2.04 bits per heavy atom. The van der Waals surface area contributed by atoms with Crippen LogP contribution < -0.4 is 11.2 Å². The van der Waals surface area contributed by atoms with Crippen LogP contribution in [-0.2, 0) is 9.53 Å². The molecular weight excluding hydrogens is 368 g/mol.